The lowest BCUT2D eigenvalue weighted by atomic mass is 10.1. The summed E-state index contributed by atoms with van der Waals surface area (Å²) in [5.74, 6) is -1.76. The number of carbonyl (C=O) groups is 2. The van der Waals surface area contributed by atoms with Crippen LogP contribution in [0.1, 0.15) is 25.5 Å². The molecule has 0 unspecified atom stereocenters. The van der Waals surface area contributed by atoms with E-state index in [0.29, 0.717) is 0 Å². The Balaban J connectivity index is 2.62. The van der Waals surface area contributed by atoms with Crippen LogP contribution in [-0.2, 0) is 9.59 Å². The smallest absolute Gasteiger partial charge is 0.232 e. The number of hydrogen-bond acceptors (Lipinski definition) is 2. The van der Waals surface area contributed by atoms with Crippen molar-refractivity contribution < 1.29 is 9.59 Å². The van der Waals surface area contributed by atoms with Gasteiger partial charge in [-0.15, -0.1) is 0 Å². The summed E-state index contributed by atoms with van der Waals surface area (Å²) in [6.45, 7) is 3.36. The van der Waals surface area contributed by atoms with Crippen molar-refractivity contribution in [3.63, 3.8) is 0 Å². The number of amides is 2. The highest BCUT2D eigenvalue weighted by Crippen LogP contribution is 2.11. The third-order valence-electron chi connectivity index (χ3n) is 2.48. The maximum absolute atomic E-state index is 11.6. The maximum Gasteiger partial charge on any atom is 0.232 e. The van der Waals surface area contributed by atoms with Crippen molar-refractivity contribution in [1.82, 2.24) is 5.32 Å². The number of rotatable bonds is 4. The second-order valence-corrected chi connectivity index (χ2v) is 3.77. The Morgan fingerprint density at radius 2 is 1.75 bits per heavy atom. The highest BCUT2D eigenvalue weighted by Gasteiger charge is 2.20. The summed E-state index contributed by atoms with van der Waals surface area (Å²) in [5.41, 5.74) is 6.04. The van der Waals surface area contributed by atoms with Crippen LogP contribution in [0, 0.1) is 5.92 Å². The SMILES string of the molecule is C[C@H](C(N)=O)C(=O)N[C@@H](C)c1ccccc1. The van der Waals surface area contributed by atoms with Gasteiger partial charge in [-0.1, -0.05) is 30.3 Å². The van der Waals surface area contributed by atoms with Crippen LogP contribution >= 0.6 is 0 Å². The van der Waals surface area contributed by atoms with Crippen molar-refractivity contribution in [3.05, 3.63) is 35.9 Å². The molecule has 0 aromatic heterocycles. The number of carbonyl (C=O) groups excluding carboxylic acids is 2. The van der Waals surface area contributed by atoms with Gasteiger partial charge in [0.25, 0.3) is 0 Å². The van der Waals surface area contributed by atoms with Gasteiger partial charge in [-0.3, -0.25) is 9.59 Å². The van der Waals surface area contributed by atoms with Crippen molar-refractivity contribution in [1.29, 1.82) is 0 Å². The van der Waals surface area contributed by atoms with E-state index >= 15 is 0 Å². The van der Waals surface area contributed by atoms with Gasteiger partial charge in [0.1, 0.15) is 5.92 Å². The fourth-order valence-corrected chi connectivity index (χ4v) is 1.29. The first-order chi connectivity index (χ1) is 7.52. The zero-order valence-corrected chi connectivity index (χ0v) is 9.44. The molecule has 0 aliphatic rings. The summed E-state index contributed by atoms with van der Waals surface area (Å²) in [5, 5.41) is 2.74. The van der Waals surface area contributed by atoms with Gasteiger partial charge >= 0.3 is 0 Å². The van der Waals surface area contributed by atoms with Crippen LogP contribution in [0.15, 0.2) is 30.3 Å². The van der Waals surface area contributed by atoms with Crippen LogP contribution in [0.3, 0.4) is 0 Å². The van der Waals surface area contributed by atoms with E-state index in [-0.39, 0.29) is 11.9 Å². The van der Waals surface area contributed by atoms with Crippen molar-refractivity contribution in [2.45, 2.75) is 19.9 Å². The minimum Gasteiger partial charge on any atom is -0.369 e. The highest BCUT2D eigenvalue weighted by atomic mass is 16.2. The van der Waals surface area contributed by atoms with Gasteiger partial charge in [-0.2, -0.15) is 0 Å². The Kier molecular flexibility index (Phi) is 4.05. The van der Waals surface area contributed by atoms with Gasteiger partial charge in [-0.05, 0) is 19.4 Å². The van der Waals surface area contributed by atoms with Gasteiger partial charge in [0.15, 0.2) is 0 Å². The Morgan fingerprint density at radius 1 is 1.19 bits per heavy atom. The summed E-state index contributed by atoms with van der Waals surface area (Å²) in [6.07, 6.45) is 0. The van der Waals surface area contributed by atoms with Crippen LogP contribution in [0.2, 0.25) is 0 Å². The Labute approximate surface area is 94.8 Å². The number of hydrogen-bond donors (Lipinski definition) is 2. The molecule has 0 bridgehead atoms. The van der Waals surface area contributed by atoms with Gasteiger partial charge in [-0.25, -0.2) is 0 Å². The molecule has 0 radical (unpaired) electrons. The monoisotopic (exact) mass is 220 g/mol. The third kappa shape index (κ3) is 3.08. The van der Waals surface area contributed by atoms with E-state index in [1.165, 1.54) is 6.92 Å². The van der Waals surface area contributed by atoms with Crippen molar-refractivity contribution in [2.75, 3.05) is 0 Å². The molecule has 2 amide bonds. The molecule has 0 aliphatic carbocycles. The number of benzene rings is 1. The number of primary amides is 1. The lowest BCUT2D eigenvalue weighted by Gasteiger charge is -2.16. The molecule has 86 valence electrons. The first-order valence-electron chi connectivity index (χ1n) is 5.17. The molecule has 1 rings (SSSR count). The maximum atomic E-state index is 11.6. The second kappa shape index (κ2) is 5.30. The van der Waals surface area contributed by atoms with Gasteiger partial charge in [0, 0.05) is 0 Å². The molecule has 0 fully saturated rings. The average molecular weight is 220 g/mol. The first kappa shape index (κ1) is 12.2. The highest BCUT2D eigenvalue weighted by molar-refractivity contribution is 5.99. The van der Waals surface area contributed by atoms with Gasteiger partial charge in [0.05, 0.1) is 6.04 Å². The molecule has 0 saturated carbocycles. The largest absolute Gasteiger partial charge is 0.369 e. The van der Waals surface area contributed by atoms with Crippen LogP contribution < -0.4 is 11.1 Å². The van der Waals surface area contributed by atoms with E-state index in [1.54, 1.807) is 0 Å². The average Bonchev–Trinajstić information content (AvgIpc) is 2.28. The predicted octanol–water partition coefficient (Wildman–Crippen LogP) is 0.985. The molecule has 0 aliphatic heterocycles. The third-order valence-corrected chi connectivity index (χ3v) is 2.48. The summed E-state index contributed by atoms with van der Waals surface area (Å²) >= 11 is 0. The standard InChI is InChI=1S/C12H16N2O2/c1-8(11(13)15)12(16)14-9(2)10-6-4-3-5-7-10/h3-9H,1-2H3,(H2,13,15)(H,14,16)/t8-,9+/m1/s1. The number of nitrogens with one attached hydrogen (secondary N) is 1. The molecule has 0 heterocycles. The molecule has 3 N–H and O–H groups in total. The zero-order valence-electron chi connectivity index (χ0n) is 9.44. The minimum atomic E-state index is -0.800. The molecule has 4 heteroatoms. The summed E-state index contributed by atoms with van der Waals surface area (Å²) in [7, 11) is 0. The molecule has 1 aromatic carbocycles. The van der Waals surface area contributed by atoms with Crippen LogP contribution in [-0.4, -0.2) is 11.8 Å². The van der Waals surface area contributed by atoms with Crippen molar-refractivity contribution in [3.8, 4) is 0 Å². The molecule has 2 atom stereocenters. The van der Waals surface area contributed by atoms with E-state index in [4.69, 9.17) is 5.73 Å². The summed E-state index contributed by atoms with van der Waals surface area (Å²) < 4.78 is 0. The lowest BCUT2D eigenvalue weighted by molar-refractivity contribution is -0.133. The van der Waals surface area contributed by atoms with Crippen LogP contribution in [0.5, 0.6) is 0 Å². The van der Waals surface area contributed by atoms with E-state index in [9.17, 15) is 9.59 Å². The van der Waals surface area contributed by atoms with Gasteiger partial charge in [0.2, 0.25) is 11.8 Å². The summed E-state index contributed by atoms with van der Waals surface area (Å²) in [4.78, 5) is 22.4. The minimum absolute atomic E-state index is 0.129. The second-order valence-electron chi connectivity index (χ2n) is 3.77. The Morgan fingerprint density at radius 3 is 2.25 bits per heavy atom. The Bertz CT molecular complexity index is 376. The van der Waals surface area contributed by atoms with E-state index in [1.807, 2.05) is 37.3 Å². The predicted molar refractivity (Wildman–Crippen MR) is 61.4 cm³/mol. The van der Waals surface area contributed by atoms with Crippen LogP contribution in [0.25, 0.3) is 0 Å². The van der Waals surface area contributed by atoms with Crippen molar-refractivity contribution in [2.24, 2.45) is 11.7 Å². The molecule has 0 saturated heterocycles. The normalized spacial score (nSPS) is 13.9. The number of nitrogens with two attached hydrogens (primary N) is 1. The molecule has 1 aromatic rings. The fraction of sp³-hybridized carbons (Fsp3) is 0.333. The molecule has 4 nitrogen and oxygen atoms in total. The van der Waals surface area contributed by atoms with Crippen LogP contribution in [0.4, 0.5) is 0 Å². The first-order valence-corrected chi connectivity index (χ1v) is 5.17. The molecule has 16 heavy (non-hydrogen) atoms. The molecular formula is C12H16N2O2. The van der Waals surface area contributed by atoms with Gasteiger partial charge < -0.3 is 11.1 Å². The summed E-state index contributed by atoms with van der Waals surface area (Å²) in [6, 6.07) is 9.41. The van der Waals surface area contributed by atoms with E-state index in [0.717, 1.165) is 5.56 Å². The quantitative estimate of drug-likeness (QED) is 0.742. The molecular weight excluding hydrogens is 204 g/mol. The van der Waals surface area contributed by atoms with Crippen molar-refractivity contribution >= 4 is 11.8 Å². The Hall–Kier alpha value is -1.84. The molecule has 0 spiro atoms. The van der Waals surface area contributed by atoms with E-state index < -0.39 is 11.8 Å². The fourth-order valence-electron chi connectivity index (χ4n) is 1.29. The topological polar surface area (TPSA) is 72.2 Å². The van der Waals surface area contributed by atoms with E-state index in [2.05, 4.69) is 5.32 Å². The zero-order chi connectivity index (χ0) is 12.1. The lowest BCUT2D eigenvalue weighted by Crippen LogP contribution is -2.38.